The molecule has 0 radical (unpaired) electrons. The van der Waals surface area contributed by atoms with Gasteiger partial charge in [-0.2, -0.15) is 0 Å². The van der Waals surface area contributed by atoms with E-state index in [1.54, 1.807) is 0 Å². The molecule has 1 aliphatic heterocycles. The van der Waals surface area contributed by atoms with Crippen molar-refractivity contribution in [2.24, 2.45) is 0 Å². The highest BCUT2D eigenvalue weighted by atomic mass is 16.3. The molecule has 84 valence electrons. The minimum Gasteiger partial charge on any atom is -0.396 e. The fraction of sp³-hybridized carbons (Fsp3) is 1.00. The van der Waals surface area contributed by atoms with Crippen LogP contribution in [-0.4, -0.2) is 60.8 Å². The second-order valence-corrected chi connectivity index (χ2v) is 4.26. The van der Waals surface area contributed by atoms with E-state index in [-0.39, 0.29) is 0 Å². The molecule has 14 heavy (non-hydrogen) atoms. The van der Waals surface area contributed by atoms with Crippen LogP contribution in [-0.2, 0) is 0 Å². The number of rotatable bonds is 6. The van der Waals surface area contributed by atoms with Crippen LogP contribution in [0.2, 0.25) is 0 Å². The Kier molecular flexibility index (Phi) is 5.45. The molecule has 1 aliphatic rings. The van der Waals surface area contributed by atoms with Crippen LogP contribution in [0.25, 0.3) is 0 Å². The van der Waals surface area contributed by atoms with Crippen LogP contribution >= 0.6 is 0 Å². The van der Waals surface area contributed by atoms with Crippen molar-refractivity contribution in [3.05, 3.63) is 0 Å². The third kappa shape index (κ3) is 3.56. The second kappa shape index (κ2) is 6.38. The van der Waals surface area contributed by atoms with E-state index in [1.165, 1.54) is 25.9 Å². The van der Waals surface area contributed by atoms with Crippen LogP contribution in [0.15, 0.2) is 0 Å². The molecule has 1 saturated heterocycles. The van der Waals surface area contributed by atoms with Crippen molar-refractivity contribution in [1.82, 2.24) is 9.80 Å². The summed E-state index contributed by atoms with van der Waals surface area (Å²) in [6, 6.07) is 0.753. The van der Waals surface area contributed by atoms with Crippen LogP contribution < -0.4 is 0 Å². The summed E-state index contributed by atoms with van der Waals surface area (Å²) in [5.74, 6) is 0. The lowest BCUT2D eigenvalue weighted by Crippen LogP contribution is -2.39. The highest BCUT2D eigenvalue weighted by Gasteiger charge is 2.23. The van der Waals surface area contributed by atoms with Gasteiger partial charge in [-0.05, 0) is 39.4 Å². The zero-order valence-electron chi connectivity index (χ0n) is 9.58. The van der Waals surface area contributed by atoms with Crippen molar-refractivity contribution in [3.63, 3.8) is 0 Å². The highest BCUT2D eigenvalue weighted by Crippen LogP contribution is 2.17. The van der Waals surface area contributed by atoms with E-state index in [9.17, 15) is 0 Å². The Labute approximate surface area is 87.7 Å². The van der Waals surface area contributed by atoms with Gasteiger partial charge in [-0.15, -0.1) is 0 Å². The third-order valence-corrected chi connectivity index (χ3v) is 3.13. The lowest BCUT2D eigenvalue weighted by molar-refractivity contribution is 0.186. The van der Waals surface area contributed by atoms with Gasteiger partial charge in [0.05, 0.1) is 0 Å². The highest BCUT2D eigenvalue weighted by molar-refractivity contribution is 4.80. The van der Waals surface area contributed by atoms with Crippen molar-refractivity contribution in [2.75, 3.05) is 39.8 Å². The fourth-order valence-corrected chi connectivity index (χ4v) is 2.31. The minimum atomic E-state index is 0.312. The van der Waals surface area contributed by atoms with Gasteiger partial charge in [-0.25, -0.2) is 0 Å². The Morgan fingerprint density at radius 3 is 2.93 bits per heavy atom. The maximum Gasteiger partial charge on any atom is 0.0443 e. The van der Waals surface area contributed by atoms with Gasteiger partial charge in [0.25, 0.3) is 0 Å². The Bertz CT molecular complexity index is 152. The molecular weight excluding hydrogens is 176 g/mol. The molecule has 0 aromatic rings. The van der Waals surface area contributed by atoms with Gasteiger partial charge >= 0.3 is 0 Å². The average molecular weight is 200 g/mol. The van der Waals surface area contributed by atoms with Crippen molar-refractivity contribution in [3.8, 4) is 0 Å². The first-order valence-corrected chi connectivity index (χ1v) is 5.81. The molecular formula is C11H24N2O. The number of hydrogen-bond donors (Lipinski definition) is 1. The number of hydrogen-bond acceptors (Lipinski definition) is 3. The van der Waals surface area contributed by atoms with Crippen LogP contribution in [0.3, 0.4) is 0 Å². The number of likely N-dealkylation sites (tertiary alicyclic amines) is 1. The molecule has 0 aromatic heterocycles. The number of likely N-dealkylation sites (N-methyl/N-ethyl adjacent to an activating group) is 2. The first-order chi connectivity index (χ1) is 6.77. The van der Waals surface area contributed by atoms with E-state index < -0.39 is 0 Å². The number of aliphatic hydroxyl groups excluding tert-OH is 1. The molecule has 0 saturated carbocycles. The molecule has 0 aromatic carbocycles. The van der Waals surface area contributed by atoms with Gasteiger partial charge in [0.2, 0.25) is 0 Å². The lowest BCUT2D eigenvalue weighted by atomic mass is 10.2. The molecule has 3 heteroatoms. The summed E-state index contributed by atoms with van der Waals surface area (Å²) in [5.41, 5.74) is 0. The molecule has 1 rings (SSSR count). The lowest BCUT2D eigenvalue weighted by Gasteiger charge is -2.27. The van der Waals surface area contributed by atoms with Gasteiger partial charge < -0.3 is 10.0 Å². The predicted octanol–water partition coefficient (Wildman–Crippen LogP) is 0.785. The van der Waals surface area contributed by atoms with Crippen molar-refractivity contribution in [1.29, 1.82) is 0 Å². The summed E-state index contributed by atoms with van der Waals surface area (Å²) >= 11 is 0. The first kappa shape index (κ1) is 12.0. The number of aliphatic hydroxyl groups is 1. The Hall–Kier alpha value is -0.120. The Morgan fingerprint density at radius 1 is 1.50 bits per heavy atom. The standard InChI is InChI=1S/C11H24N2O/c1-3-13-8-4-6-11(13)10-12(2)7-5-9-14/h11,14H,3-10H2,1-2H3. The van der Waals surface area contributed by atoms with E-state index in [2.05, 4.69) is 23.8 Å². The maximum atomic E-state index is 8.74. The Balaban J connectivity index is 2.21. The maximum absolute atomic E-state index is 8.74. The van der Waals surface area contributed by atoms with Gasteiger partial charge in [0.1, 0.15) is 0 Å². The van der Waals surface area contributed by atoms with E-state index >= 15 is 0 Å². The largest absolute Gasteiger partial charge is 0.396 e. The molecule has 1 fully saturated rings. The van der Waals surface area contributed by atoms with Crippen LogP contribution in [0.1, 0.15) is 26.2 Å². The minimum absolute atomic E-state index is 0.312. The van der Waals surface area contributed by atoms with E-state index in [4.69, 9.17) is 5.11 Å². The molecule has 0 amide bonds. The summed E-state index contributed by atoms with van der Waals surface area (Å²) in [4.78, 5) is 4.91. The summed E-state index contributed by atoms with van der Waals surface area (Å²) in [6.45, 7) is 7.18. The zero-order chi connectivity index (χ0) is 10.4. The summed E-state index contributed by atoms with van der Waals surface area (Å²) in [5, 5.41) is 8.74. The van der Waals surface area contributed by atoms with Crippen LogP contribution in [0.4, 0.5) is 0 Å². The quantitative estimate of drug-likeness (QED) is 0.686. The molecule has 0 aliphatic carbocycles. The first-order valence-electron chi connectivity index (χ1n) is 5.81. The summed E-state index contributed by atoms with van der Waals surface area (Å²) in [6.07, 6.45) is 3.60. The molecule has 1 atom stereocenters. The van der Waals surface area contributed by atoms with Crippen molar-refractivity contribution in [2.45, 2.75) is 32.2 Å². The monoisotopic (exact) mass is 200 g/mol. The van der Waals surface area contributed by atoms with Gasteiger partial charge in [0, 0.05) is 25.7 Å². The van der Waals surface area contributed by atoms with E-state index in [1.807, 2.05) is 0 Å². The summed E-state index contributed by atoms with van der Waals surface area (Å²) < 4.78 is 0. The molecule has 0 spiro atoms. The van der Waals surface area contributed by atoms with Gasteiger partial charge in [-0.1, -0.05) is 6.92 Å². The molecule has 0 bridgehead atoms. The zero-order valence-corrected chi connectivity index (χ0v) is 9.58. The van der Waals surface area contributed by atoms with Crippen molar-refractivity contribution < 1.29 is 5.11 Å². The van der Waals surface area contributed by atoms with Crippen LogP contribution in [0, 0.1) is 0 Å². The van der Waals surface area contributed by atoms with Crippen LogP contribution in [0.5, 0.6) is 0 Å². The van der Waals surface area contributed by atoms with Gasteiger partial charge in [0.15, 0.2) is 0 Å². The van der Waals surface area contributed by atoms with Gasteiger partial charge in [-0.3, -0.25) is 4.90 Å². The normalized spacial score (nSPS) is 23.6. The fourth-order valence-electron chi connectivity index (χ4n) is 2.31. The summed E-state index contributed by atoms with van der Waals surface area (Å²) in [7, 11) is 2.15. The number of nitrogens with zero attached hydrogens (tertiary/aromatic N) is 2. The molecule has 3 nitrogen and oxygen atoms in total. The smallest absolute Gasteiger partial charge is 0.0443 e. The average Bonchev–Trinajstić information content (AvgIpc) is 2.62. The van der Waals surface area contributed by atoms with E-state index in [0.717, 1.165) is 25.6 Å². The third-order valence-electron chi connectivity index (χ3n) is 3.13. The topological polar surface area (TPSA) is 26.7 Å². The predicted molar refractivity (Wildman–Crippen MR) is 59.5 cm³/mol. The molecule has 1 heterocycles. The SMILES string of the molecule is CCN1CCCC1CN(C)CCCO. The van der Waals surface area contributed by atoms with E-state index in [0.29, 0.717) is 6.61 Å². The molecule has 1 N–H and O–H groups in total. The van der Waals surface area contributed by atoms with Crippen molar-refractivity contribution >= 4 is 0 Å². The second-order valence-electron chi connectivity index (χ2n) is 4.26. The molecule has 1 unspecified atom stereocenters. The Morgan fingerprint density at radius 2 is 2.29 bits per heavy atom.